The number of halogens is 1. The fraction of sp³-hybridized carbons (Fsp3) is 0.409. The molecule has 0 bridgehead atoms. The molecule has 0 N–H and O–H groups in total. The zero-order chi connectivity index (χ0) is 22.1. The summed E-state index contributed by atoms with van der Waals surface area (Å²) in [6.45, 7) is 7.88. The van der Waals surface area contributed by atoms with Gasteiger partial charge < -0.3 is 9.80 Å². The first-order chi connectivity index (χ1) is 14.1. The lowest BCUT2D eigenvalue weighted by atomic mass is 10.1. The Hall–Kier alpha value is -2.25. The van der Waals surface area contributed by atoms with Crippen molar-refractivity contribution in [1.82, 2.24) is 4.90 Å². The normalized spacial score (nSPS) is 15.8. The van der Waals surface area contributed by atoms with Crippen molar-refractivity contribution >= 4 is 38.9 Å². The maximum Gasteiger partial charge on any atom is 0.246 e. The predicted molar refractivity (Wildman–Crippen MR) is 123 cm³/mol. The Balaban J connectivity index is 1.76. The minimum Gasteiger partial charge on any atom is -0.368 e. The number of nitrogens with zero attached hydrogens (tertiary/aromatic N) is 3. The number of carbonyl (C=O) groups is 1. The van der Waals surface area contributed by atoms with Gasteiger partial charge in [-0.2, -0.15) is 0 Å². The summed E-state index contributed by atoms with van der Waals surface area (Å²) >= 11 is 6.09. The fourth-order valence-corrected chi connectivity index (χ4v) is 5.34. The molecule has 0 aromatic heterocycles. The summed E-state index contributed by atoms with van der Waals surface area (Å²) in [6.07, 6.45) is 1.14. The first-order valence-electron chi connectivity index (χ1n) is 9.93. The third-order valence-electron chi connectivity index (χ3n) is 5.29. The van der Waals surface area contributed by atoms with E-state index in [0.29, 0.717) is 36.9 Å². The van der Waals surface area contributed by atoms with Crippen molar-refractivity contribution in [2.75, 3.05) is 41.6 Å². The molecular weight excluding hydrogens is 422 g/mol. The van der Waals surface area contributed by atoms with Gasteiger partial charge in [0.05, 0.1) is 11.9 Å². The Morgan fingerprint density at radius 1 is 1.03 bits per heavy atom. The van der Waals surface area contributed by atoms with Gasteiger partial charge in [-0.25, -0.2) is 8.42 Å². The molecule has 6 nitrogen and oxygen atoms in total. The predicted octanol–water partition coefficient (Wildman–Crippen LogP) is 3.46. The summed E-state index contributed by atoms with van der Waals surface area (Å²) < 4.78 is 26.4. The van der Waals surface area contributed by atoms with E-state index in [4.69, 9.17) is 11.6 Å². The summed E-state index contributed by atoms with van der Waals surface area (Å²) in [5.74, 6) is -0.190. The quantitative estimate of drug-likeness (QED) is 0.701. The van der Waals surface area contributed by atoms with E-state index in [9.17, 15) is 13.2 Å². The average molecular weight is 450 g/mol. The van der Waals surface area contributed by atoms with Crippen molar-refractivity contribution in [3.63, 3.8) is 0 Å². The number of hydrogen-bond donors (Lipinski definition) is 0. The number of amides is 1. The van der Waals surface area contributed by atoms with Gasteiger partial charge in [-0.15, -0.1) is 0 Å². The highest BCUT2D eigenvalue weighted by Crippen LogP contribution is 2.26. The molecule has 1 aliphatic heterocycles. The first-order valence-corrected chi connectivity index (χ1v) is 12.2. The molecule has 1 aliphatic rings. The van der Waals surface area contributed by atoms with Crippen LogP contribution in [-0.4, -0.2) is 57.7 Å². The molecule has 0 spiro atoms. The zero-order valence-electron chi connectivity index (χ0n) is 17.8. The van der Waals surface area contributed by atoms with Crippen LogP contribution in [0.3, 0.4) is 0 Å². The molecule has 8 heteroatoms. The zero-order valence-corrected chi connectivity index (χ0v) is 19.4. The lowest BCUT2D eigenvalue weighted by molar-refractivity contribution is -0.132. The van der Waals surface area contributed by atoms with Crippen LogP contribution in [0.1, 0.15) is 18.1 Å². The van der Waals surface area contributed by atoms with Crippen LogP contribution in [0.15, 0.2) is 42.5 Å². The molecule has 0 unspecified atom stereocenters. The lowest BCUT2D eigenvalue weighted by Gasteiger charge is -2.39. The highest BCUT2D eigenvalue weighted by atomic mass is 35.5. The van der Waals surface area contributed by atoms with E-state index in [-0.39, 0.29) is 5.91 Å². The highest BCUT2D eigenvalue weighted by Gasteiger charge is 2.33. The number of sulfonamides is 1. The van der Waals surface area contributed by atoms with Crippen LogP contribution in [-0.2, 0) is 14.8 Å². The maximum absolute atomic E-state index is 13.2. The monoisotopic (exact) mass is 449 g/mol. The number of rotatable bonds is 5. The molecule has 2 aromatic carbocycles. The molecule has 1 atom stereocenters. The van der Waals surface area contributed by atoms with Crippen LogP contribution in [0.4, 0.5) is 11.4 Å². The van der Waals surface area contributed by atoms with Crippen molar-refractivity contribution < 1.29 is 13.2 Å². The SMILES string of the molecule is Cc1cc(C)cc(N([C@@H](C)C(=O)N2CCN(c3cccc(Cl)c3)CC2)S(C)(=O)=O)c1. The molecule has 0 radical (unpaired) electrons. The van der Waals surface area contributed by atoms with Gasteiger partial charge in [0, 0.05) is 36.9 Å². The van der Waals surface area contributed by atoms with Crippen LogP contribution in [0.25, 0.3) is 0 Å². The largest absolute Gasteiger partial charge is 0.368 e. The van der Waals surface area contributed by atoms with Gasteiger partial charge in [-0.3, -0.25) is 9.10 Å². The van der Waals surface area contributed by atoms with Crippen LogP contribution in [0, 0.1) is 13.8 Å². The molecule has 1 saturated heterocycles. The van der Waals surface area contributed by atoms with E-state index in [1.54, 1.807) is 24.0 Å². The Bertz CT molecular complexity index is 1010. The van der Waals surface area contributed by atoms with Gasteiger partial charge in [0.25, 0.3) is 0 Å². The van der Waals surface area contributed by atoms with E-state index in [2.05, 4.69) is 4.90 Å². The van der Waals surface area contributed by atoms with E-state index < -0.39 is 16.1 Å². The Morgan fingerprint density at radius 3 is 2.17 bits per heavy atom. The molecule has 1 amide bonds. The van der Waals surface area contributed by atoms with E-state index in [1.165, 1.54) is 4.31 Å². The van der Waals surface area contributed by atoms with Crippen molar-refractivity contribution in [2.24, 2.45) is 0 Å². The van der Waals surface area contributed by atoms with Gasteiger partial charge in [-0.1, -0.05) is 23.7 Å². The van der Waals surface area contributed by atoms with Gasteiger partial charge in [0.2, 0.25) is 15.9 Å². The average Bonchev–Trinajstić information content (AvgIpc) is 2.65. The second kappa shape index (κ2) is 8.86. The summed E-state index contributed by atoms with van der Waals surface area (Å²) in [6, 6.07) is 12.4. The van der Waals surface area contributed by atoms with Gasteiger partial charge in [0.15, 0.2) is 0 Å². The summed E-state index contributed by atoms with van der Waals surface area (Å²) in [7, 11) is -3.63. The number of carbonyl (C=O) groups excluding carboxylic acids is 1. The van der Waals surface area contributed by atoms with E-state index >= 15 is 0 Å². The molecule has 0 saturated carbocycles. The molecule has 162 valence electrons. The number of aryl methyl sites for hydroxylation is 2. The molecule has 0 aliphatic carbocycles. The topological polar surface area (TPSA) is 60.9 Å². The minimum atomic E-state index is -3.63. The lowest BCUT2D eigenvalue weighted by Crippen LogP contribution is -2.55. The third-order valence-corrected chi connectivity index (χ3v) is 6.77. The number of hydrogen-bond acceptors (Lipinski definition) is 4. The summed E-state index contributed by atoms with van der Waals surface area (Å²) in [5.41, 5.74) is 3.45. The maximum atomic E-state index is 13.2. The third kappa shape index (κ3) is 5.08. The second-order valence-electron chi connectivity index (χ2n) is 7.87. The van der Waals surface area contributed by atoms with Crippen LogP contribution in [0.2, 0.25) is 5.02 Å². The smallest absolute Gasteiger partial charge is 0.246 e. The van der Waals surface area contributed by atoms with E-state index in [0.717, 1.165) is 23.1 Å². The molecule has 3 rings (SSSR count). The van der Waals surface area contributed by atoms with Crippen LogP contribution < -0.4 is 9.21 Å². The molecule has 2 aromatic rings. The molecule has 1 fully saturated rings. The molecule has 1 heterocycles. The molecular formula is C22H28ClN3O3S. The Morgan fingerprint density at radius 2 is 1.63 bits per heavy atom. The van der Waals surface area contributed by atoms with E-state index in [1.807, 2.05) is 44.2 Å². The Labute approximate surface area is 184 Å². The minimum absolute atomic E-state index is 0.190. The van der Waals surface area contributed by atoms with Gasteiger partial charge >= 0.3 is 0 Å². The Kier molecular flexibility index (Phi) is 6.62. The number of benzene rings is 2. The van der Waals surface area contributed by atoms with Crippen molar-refractivity contribution in [3.8, 4) is 0 Å². The van der Waals surface area contributed by atoms with Gasteiger partial charge in [-0.05, 0) is 62.2 Å². The first kappa shape index (κ1) is 22.4. The molecule has 30 heavy (non-hydrogen) atoms. The van der Waals surface area contributed by atoms with Crippen molar-refractivity contribution in [1.29, 1.82) is 0 Å². The second-order valence-corrected chi connectivity index (χ2v) is 10.2. The standard InChI is InChI=1S/C22H28ClN3O3S/c1-16-12-17(2)14-21(13-16)26(30(4,28)29)18(3)22(27)25-10-8-24(9-11-25)20-7-5-6-19(23)15-20/h5-7,12-15,18H,8-11H2,1-4H3/t18-/m0/s1. The summed E-state index contributed by atoms with van der Waals surface area (Å²) in [5, 5.41) is 0.678. The van der Waals surface area contributed by atoms with Crippen LogP contribution in [0.5, 0.6) is 0 Å². The van der Waals surface area contributed by atoms with Gasteiger partial charge in [0.1, 0.15) is 6.04 Å². The number of piperazine rings is 1. The summed E-state index contributed by atoms with van der Waals surface area (Å²) in [4.78, 5) is 17.1. The number of anilines is 2. The van der Waals surface area contributed by atoms with Crippen molar-refractivity contribution in [3.05, 3.63) is 58.6 Å². The highest BCUT2D eigenvalue weighted by molar-refractivity contribution is 7.92. The van der Waals surface area contributed by atoms with Crippen molar-refractivity contribution in [2.45, 2.75) is 26.8 Å². The fourth-order valence-electron chi connectivity index (χ4n) is 4.00. The van der Waals surface area contributed by atoms with Crippen LogP contribution >= 0.6 is 11.6 Å².